The van der Waals surface area contributed by atoms with Gasteiger partial charge in [0.15, 0.2) is 0 Å². The van der Waals surface area contributed by atoms with Crippen LogP contribution in [-0.4, -0.2) is 24.6 Å². The van der Waals surface area contributed by atoms with Gasteiger partial charge in [-0.1, -0.05) is 37.7 Å². The van der Waals surface area contributed by atoms with Crippen LogP contribution in [-0.2, 0) is 0 Å². The number of ether oxygens (including phenoxy) is 1. The fourth-order valence-electron chi connectivity index (χ4n) is 2.15. The van der Waals surface area contributed by atoms with E-state index in [0.717, 1.165) is 23.0 Å². The monoisotopic (exact) mass is 306 g/mol. The van der Waals surface area contributed by atoms with E-state index in [1.54, 1.807) is 18.9 Å². The van der Waals surface area contributed by atoms with Crippen molar-refractivity contribution in [1.29, 1.82) is 0 Å². The molecule has 0 unspecified atom stereocenters. The number of oxime groups is 1. The summed E-state index contributed by atoms with van der Waals surface area (Å²) in [6.45, 7) is 9.05. The lowest BCUT2D eigenvalue weighted by Gasteiger charge is -2.21. The van der Waals surface area contributed by atoms with Crippen LogP contribution in [0.1, 0.15) is 27.7 Å². The molecule has 1 aromatic rings. The Morgan fingerprint density at radius 2 is 2.14 bits per heavy atom. The van der Waals surface area contributed by atoms with Crippen LogP contribution in [0.25, 0.3) is 0 Å². The highest BCUT2D eigenvalue weighted by Crippen LogP contribution is 2.47. The van der Waals surface area contributed by atoms with E-state index in [9.17, 15) is 5.21 Å². The molecule has 0 saturated heterocycles. The number of hydrogen-bond acceptors (Lipinski definition) is 5. The fraction of sp³-hybridized carbons (Fsp3) is 0.438. The largest absolute Gasteiger partial charge is 0.497 e. The van der Waals surface area contributed by atoms with Crippen LogP contribution < -0.4 is 9.64 Å². The van der Waals surface area contributed by atoms with Crippen molar-refractivity contribution < 1.29 is 9.94 Å². The first-order chi connectivity index (χ1) is 9.90. The van der Waals surface area contributed by atoms with Gasteiger partial charge in [0.05, 0.1) is 23.5 Å². The van der Waals surface area contributed by atoms with Gasteiger partial charge >= 0.3 is 0 Å². The molecule has 4 nitrogen and oxygen atoms in total. The average Bonchev–Trinajstić information content (AvgIpc) is 2.79. The van der Waals surface area contributed by atoms with Crippen LogP contribution >= 0.6 is 11.8 Å². The third-order valence-corrected chi connectivity index (χ3v) is 4.50. The molecule has 1 aliphatic heterocycles. The van der Waals surface area contributed by atoms with Crippen molar-refractivity contribution in [2.75, 3.05) is 18.6 Å². The molecule has 114 valence electrons. The van der Waals surface area contributed by atoms with Crippen molar-refractivity contribution >= 4 is 23.2 Å². The Balaban J connectivity index is 2.41. The molecular formula is C16H22N2O2S. The van der Waals surface area contributed by atoms with Gasteiger partial charge in [-0.25, -0.2) is 0 Å². The Bertz CT molecular complexity index is 588. The molecule has 0 atom stereocenters. The van der Waals surface area contributed by atoms with Gasteiger partial charge in [-0.2, -0.15) is 0 Å². The van der Waals surface area contributed by atoms with Gasteiger partial charge in [0, 0.05) is 22.9 Å². The van der Waals surface area contributed by atoms with Gasteiger partial charge < -0.3 is 14.8 Å². The van der Waals surface area contributed by atoms with Gasteiger partial charge in [-0.15, -0.1) is 0 Å². The van der Waals surface area contributed by atoms with E-state index in [1.807, 2.05) is 39.0 Å². The Hall–Kier alpha value is -1.62. The van der Waals surface area contributed by atoms with Gasteiger partial charge in [-0.05, 0) is 25.1 Å². The Morgan fingerprint density at radius 3 is 2.67 bits per heavy atom. The minimum absolute atomic E-state index is 0.200. The molecule has 0 aliphatic carbocycles. The van der Waals surface area contributed by atoms with E-state index in [2.05, 4.69) is 23.0 Å². The van der Waals surface area contributed by atoms with Crippen molar-refractivity contribution in [2.24, 2.45) is 10.6 Å². The Kier molecular flexibility index (Phi) is 4.52. The van der Waals surface area contributed by atoms with Crippen LogP contribution in [0, 0.1) is 5.41 Å². The highest BCUT2D eigenvalue weighted by molar-refractivity contribution is 8.03. The quantitative estimate of drug-likeness (QED) is 0.512. The zero-order chi connectivity index (χ0) is 15.6. The van der Waals surface area contributed by atoms with Crippen LogP contribution in [0.4, 0.5) is 5.69 Å². The molecule has 0 spiro atoms. The Morgan fingerprint density at radius 1 is 1.43 bits per heavy atom. The molecule has 5 heteroatoms. The second-order valence-electron chi connectivity index (χ2n) is 5.90. The summed E-state index contributed by atoms with van der Waals surface area (Å²) < 4.78 is 5.30. The highest BCUT2D eigenvalue weighted by Gasteiger charge is 2.27. The molecule has 1 aromatic carbocycles. The number of allylic oxidation sites excluding steroid dienone is 1. The van der Waals surface area contributed by atoms with E-state index in [4.69, 9.17) is 4.74 Å². The molecule has 1 N–H and O–H groups in total. The van der Waals surface area contributed by atoms with Crippen molar-refractivity contribution in [3.8, 4) is 5.75 Å². The average molecular weight is 306 g/mol. The summed E-state index contributed by atoms with van der Waals surface area (Å²) in [4.78, 5) is 3.40. The number of anilines is 1. The van der Waals surface area contributed by atoms with E-state index in [1.165, 1.54) is 4.90 Å². The number of fused-ring (bicyclic) bond motifs is 1. The zero-order valence-corrected chi connectivity index (χ0v) is 14.0. The van der Waals surface area contributed by atoms with Gasteiger partial charge in [0.2, 0.25) is 0 Å². The lowest BCUT2D eigenvalue weighted by molar-refractivity contribution is 0.312. The number of benzene rings is 1. The van der Waals surface area contributed by atoms with Crippen LogP contribution in [0.15, 0.2) is 39.4 Å². The van der Waals surface area contributed by atoms with Gasteiger partial charge in [0.1, 0.15) is 5.75 Å². The summed E-state index contributed by atoms with van der Waals surface area (Å²) >= 11 is 1.69. The molecule has 0 amide bonds. The zero-order valence-electron chi connectivity index (χ0n) is 13.2. The summed E-state index contributed by atoms with van der Waals surface area (Å²) in [6, 6.07) is 6.07. The molecule has 0 radical (unpaired) electrons. The molecule has 0 saturated carbocycles. The molecule has 1 heterocycles. The normalized spacial score (nSPS) is 17.3. The van der Waals surface area contributed by atoms with Gasteiger partial charge in [0.25, 0.3) is 0 Å². The van der Waals surface area contributed by atoms with Crippen LogP contribution in [0.3, 0.4) is 0 Å². The maximum atomic E-state index is 9.28. The smallest absolute Gasteiger partial charge is 0.121 e. The van der Waals surface area contributed by atoms with Crippen LogP contribution in [0.2, 0.25) is 0 Å². The summed E-state index contributed by atoms with van der Waals surface area (Å²) in [6.07, 6.45) is 1.96. The molecule has 0 aromatic heterocycles. The first-order valence-corrected chi connectivity index (χ1v) is 7.80. The first kappa shape index (κ1) is 15.8. The molecule has 0 bridgehead atoms. The second kappa shape index (κ2) is 6.02. The SMILES string of the molecule is CCN1/C(=C/C(=N/O)C(C)(C)C)Sc2ccc(OC)cc21. The highest BCUT2D eigenvalue weighted by atomic mass is 32.2. The molecule has 2 rings (SSSR count). The lowest BCUT2D eigenvalue weighted by atomic mass is 9.90. The van der Waals surface area contributed by atoms with Crippen molar-refractivity contribution in [2.45, 2.75) is 32.6 Å². The van der Waals surface area contributed by atoms with E-state index in [-0.39, 0.29) is 5.41 Å². The summed E-state index contributed by atoms with van der Waals surface area (Å²) in [5.41, 5.74) is 1.61. The summed E-state index contributed by atoms with van der Waals surface area (Å²) in [5.74, 6) is 0.848. The third kappa shape index (κ3) is 3.18. The number of methoxy groups -OCH3 is 1. The van der Waals surface area contributed by atoms with Crippen LogP contribution in [0.5, 0.6) is 5.75 Å². The lowest BCUT2D eigenvalue weighted by Crippen LogP contribution is -2.22. The first-order valence-electron chi connectivity index (χ1n) is 6.98. The second-order valence-corrected chi connectivity index (χ2v) is 6.96. The van der Waals surface area contributed by atoms with Crippen molar-refractivity contribution in [1.82, 2.24) is 0 Å². The fourth-order valence-corrected chi connectivity index (χ4v) is 3.30. The molecule has 0 fully saturated rings. The standard InChI is InChI=1S/C16H22N2O2S/c1-6-18-12-9-11(20-5)7-8-13(12)21-15(18)10-14(17-19)16(2,3)4/h7-10,19H,6H2,1-5H3/b15-10-,17-14-. The maximum absolute atomic E-state index is 9.28. The summed E-state index contributed by atoms with van der Waals surface area (Å²) in [5, 5.41) is 13.8. The van der Waals surface area contributed by atoms with E-state index < -0.39 is 0 Å². The number of rotatable bonds is 3. The van der Waals surface area contributed by atoms with E-state index >= 15 is 0 Å². The number of hydrogen-bond donors (Lipinski definition) is 1. The van der Waals surface area contributed by atoms with E-state index in [0.29, 0.717) is 5.71 Å². The van der Waals surface area contributed by atoms with Crippen molar-refractivity contribution in [3.63, 3.8) is 0 Å². The molecular weight excluding hydrogens is 284 g/mol. The predicted molar refractivity (Wildman–Crippen MR) is 88.6 cm³/mol. The Labute approximate surface area is 130 Å². The third-order valence-electron chi connectivity index (χ3n) is 3.39. The number of thioether (sulfide) groups is 1. The minimum Gasteiger partial charge on any atom is -0.497 e. The topological polar surface area (TPSA) is 45.1 Å². The number of nitrogens with zero attached hydrogens (tertiary/aromatic N) is 2. The minimum atomic E-state index is -0.200. The molecule has 21 heavy (non-hydrogen) atoms. The summed E-state index contributed by atoms with van der Waals surface area (Å²) in [7, 11) is 1.67. The maximum Gasteiger partial charge on any atom is 0.121 e. The van der Waals surface area contributed by atoms with Gasteiger partial charge in [-0.3, -0.25) is 0 Å². The molecule has 1 aliphatic rings. The predicted octanol–water partition coefficient (Wildman–Crippen LogP) is 4.34. The van der Waals surface area contributed by atoms with Crippen molar-refractivity contribution in [3.05, 3.63) is 29.3 Å².